The van der Waals surface area contributed by atoms with E-state index >= 15 is 0 Å². The number of rotatable bonds is 9. The van der Waals surface area contributed by atoms with Crippen molar-refractivity contribution in [2.24, 2.45) is 4.99 Å². The van der Waals surface area contributed by atoms with Crippen molar-refractivity contribution in [1.29, 1.82) is 0 Å². The molecule has 6 heteroatoms. The minimum absolute atomic E-state index is 0.150. The zero-order chi connectivity index (χ0) is 20.5. The van der Waals surface area contributed by atoms with Crippen molar-refractivity contribution in [1.82, 2.24) is 15.5 Å². The minimum atomic E-state index is 0.150. The number of hydrogen-bond donors (Lipinski definition) is 2. The van der Waals surface area contributed by atoms with Crippen molar-refractivity contribution in [3.05, 3.63) is 29.3 Å². The normalized spacial score (nSPS) is 21.3. The Kier molecular flexibility index (Phi) is 8.62. The number of aliphatic imine (C=N–C) groups is 1. The molecule has 2 atom stereocenters. The van der Waals surface area contributed by atoms with Crippen LogP contribution in [0.2, 0.25) is 0 Å². The molecule has 2 N–H and O–H groups in total. The lowest BCUT2D eigenvalue weighted by molar-refractivity contribution is 0.140. The molecule has 0 bridgehead atoms. The van der Waals surface area contributed by atoms with Crippen LogP contribution in [0.1, 0.15) is 50.7 Å². The molecule has 2 aliphatic heterocycles. The van der Waals surface area contributed by atoms with Gasteiger partial charge in [0.25, 0.3) is 0 Å². The molecule has 1 aromatic carbocycles. The van der Waals surface area contributed by atoms with Gasteiger partial charge in [-0.3, -0.25) is 4.90 Å². The molecular weight excluding hydrogens is 364 g/mol. The fourth-order valence-corrected chi connectivity index (χ4v) is 4.05. The van der Waals surface area contributed by atoms with Crippen molar-refractivity contribution in [3.63, 3.8) is 0 Å². The summed E-state index contributed by atoms with van der Waals surface area (Å²) in [7, 11) is 0. The molecule has 0 spiro atoms. The van der Waals surface area contributed by atoms with Crippen LogP contribution < -0.4 is 15.4 Å². The highest BCUT2D eigenvalue weighted by atomic mass is 16.5. The zero-order valence-corrected chi connectivity index (χ0v) is 18.4. The van der Waals surface area contributed by atoms with Gasteiger partial charge in [0.2, 0.25) is 0 Å². The predicted molar refractivity (Wildman–Crippen MR) is 119 cm³/mol. The first-order chi connectivity index (χ1) is 14.2. The third kappa shape index (κ3) is 6.61. The molecule has 29 heavy (non-hydrogen) atoms. The smallest absolute Gasteiger partial charge is 0.191 e. The molecule has 0 saturated carbocycles. The van der Waals surface area contributed by atoms with E-state index in [1.165, 1.54) is 31.5 Å². The van der Waals surface area contributed by atoms with E-state index in [0.29, 0.717) is 19.2 Å². The van der Waals surface area contributed by atoms with Crippen molar-refractivity contribution in [2.75, 3.05) is 39.4 Å². The molecule has 2 aliphatic rings. The molecule has 3 rings (SSSR count). The van der Waals surface area contributed by atoms with E-state index in [9.17, 15) is 0 Å². The highest BCUT2D eigenvalue weighted by Crippen LogP contribution is 2.24. The van der Waals surface area contributed by atoms with Crippen LogP contribution in [0.15, 0.2) is 23.2 Å². The van der Waals surface area contributed by atoms with Crippen LogP contribution in [-0.2, 0) is 11.3 Å². The van der Waals surface area contributed by atoms with E-state index in [1.807, 2.05) is 0 Å². The quantitative estimate of drug-likeness (QED) is 0.491. The summed E-state index contributed by atoms with van der Waals surface area (Å²) in [6.07, 6.45) is 4.91. The lowest BCUT2D eigenvalue weighted by Crippen LogP contribution is -2.46. The molecule has 0 radical (unpaired) electrons. The van der Waals surface area contributed by atoms with Crippen molar-refractivity contribution >= 4 is 5.96 Å². The zero-order valence-electron chi connectivity index (χ0n) is 18.4. The number of nitrogens with one attached hydrogen (secondary N) is 2. The predicted octanol–water partition coefficient (Wildman–Crippen LogP) is 3.09. The number of hydrogen-bond acceptors (Lipinski definition) is 4. The van der Waals surface area contributed by atoms with Crippen molar-refractivity contribution in [3.8, 4) is 5.75 Å². The molecule has 0 amide bonds. The summed E-state index contributed by atoms with van der Waals surface area (Å²) in [6, 6.07) is 6.95. The molecular formula is C23H38N4O2. The summed E-state index contributed by atoms with van der Waals surface area (Å²) >= 11 is 0. The lowest BCUT2D eigenvalue weighted by Gasteiger charge is -2.27. The standard InChI is InChI=1S/C23H38N4O2/c1-4-20(27-11-6-7-12-27)16-26-23(24-5-2)25-15-19-9-8-18(3)14-22(19)29-21-10-13-28-17-21/h8-9,14,20-21H,4-7,10-13,15-17H2,1-3H3,(H2,24,25,26). The van der Waals surface area contributed by atoms with E-state index in [4.69, 9.17) is 14.5 Å². The average molecular weight is 403 g/mol. The van der Waals surface area contributed by atoms with E-state index in [2.05, 4.69) is 54.5 Å². The fraction of sp³-hybridized carbons (Fsp3) is 0.696. The average Bonchev–Trinajstić information content (AvgIpc) is 3.42. The largest absolute Gasteiger partial charge is 0.488 e. The second-order valence-corrected chi connectivity index (χ2v) is 8.10. The van der Waals surface area contributed by atoms with Gasteiger partial charge in [0.1, 0.15) is 11.9 Å². The molecule has 2 unspecified atom stereocenters. The Hall–Kier alpha value is -1.79. The van der Waals surface area contributed by atoms with E-state index in [1.54, 1.807) is 0 Å². The van der Waals surface area contributed by atoms with Crippen molar-refractivity contribution in [2.45, 2.75) is 65.1 Å². The minimum Gasteiger partial charge on any atom is -0.488 e. The second kappa shape index (κ2) is 11.4. The SMILES string of the molecule is CCNC(=NCc1ccc(C)cc1OC1CCOC1)NCC(CC)N1CCCC1. The van der Waals surface area contributed by atoms with E-state index < -0.39 is 0 Å². The van der Waals surface area contributed by atoms with E-state index in [-0.39, 0.29) is 6.10 Å². The first-order valence-electron chi connectivity index (χ1n) is 11.3. The highest BCUT2D eigenvalue weighted by molar-refractivity contribution is 5.79. The molecule has 1 aromatic rings. The monoisotopic (exact) mass is 402 g/mol. The van der Waals surface area contributed by atoms with Gasteiger partial charge in [0, 0.05) is 31.1 Å². The Morgan fingerprint density at radius 1 is 1.28 bits per heavy atom. The molecule has 2 saturated heterocycles. The lowest BCUT2D eigenvalue weighted by atomic mass is 10.1. The molecule has 2 heterocycles. The third-order valence-electron chi connectivity index (χ3n) is 5.79. The third-order valence-corrected chi connectivity index (χ3v) is 5.79. The van der Waals surface area contributed by atoms with Gasteiger partial charge in [-0.05, 0) is 57.8 Å². The van der Waals surface area contributed by atoms with Gasteiger partial charge >= 0.3 is 0 Å². The summed E-state index contributed by atoms with van der Waals surface area (Å²) in [5.41, 5.74) is 2.32. The summed E-state index contributed by atoms with van der Waals surface area (Å²) in [4.78, 5) is 7.45. The first kappa shape index (κ1) is 21.9. The maximum absolute atomic E-state index is 6.22. The molecule has 6 nitrogen and oxygen atoms in total. The van der Waals surface area contributed by atoms with Gasteiger partial charge in [-0.1, -0.05) is 19.1 Å². The maximum atomic E-state index is 6.22. The van der Waals surface area contributed by atoms with Crippen LogP contribution in [-0.4, -0.2) is 62.4 Å². The van der Waals surface area contributed by atoms with Gasteiger partial charge in [-0.25, -0.2) is 4.99 Å². The number of aryl methyl sites for hydroxylation is 1. The first-order valence-corrected chi connectivity index (χ1v) is 11.3. The summed E-state index contributed by atoms with van der Waals surface area (Å²) in [6.45, 7) is 12.8. The van der Waals surface area contributed by atoms with Crippen LogP contribution in [0, 0.1) is 6.92 Å². The Morgan fingerprint density at radius 3 is 2.79 bits per heavy atom. The molecule has 0 aliphatic carbocycles. The second-order valence-electron chi connectivity index (χ2n) is 8.10. The van der Waals surface area contributed by atoms with Gasteiger partial charge in [-0.15, -0.1) is 0 Å². The Morgan fingerprint density at radius 2 is 2.10 bits per heavy atom. The van der Waals surface area contributed by atoms with Gasteiger partial charge < -0.3 is 20.1 Å². The Bertz CT molecular complexity index is 652. The molecule has 162 valence electrons. The van der Waals surface area contributed by atoms with Crippen LogP contribution in [0.4, 0.5) is 0 Å². The van der Waals surface area contributed by atoms with Crippen molar-refractivity contribution < 1.29 is 9.47 Å². The van der Waals surface area contributed by atoms with Crippen LogP contribution in [0.25, 0.3) is 0 Å². The van der Waals surface area contributed by atoms with Gasteiger partial charge in [0.15, 0.2) is 5.96 Å². The van der Waals surface area contributed by atoms with Crippen LogP contribution in [0.3, 0.4) is 0 Å². The maximum Gasteiger partial charge on any atom is 0.191 e. The summed E-state index contributed by atoms with van der Waals surface area (Å²) < 4.78 is 11.7. The van der Waals surface area contributed by atoms with Crippen LogP contribution >= 0.6 is 0 Å². The number of ether oxygens (including phenoxy) is 2. The topological polar surface area (TPSA) is 58.1 Å². The molecule has 0 aromatic heterocycles. The van der Waals surface area contributed by atoms with Gasteiger partial charge in [0.05, 0.1) is 19.8 Å². The summed E-state index contributed by atoms with van der Waals surface area (Å²) in [5, 5.41) is 6.95. The van der Waals surface area contributed by atoms with E-state index in [0.717, 1.165) is 49.8 Å². The van der Waals surface area contributed by atoms with Gasteiger partial charge in [-0.2, -0.15) is 0 Å². The molecule has 2 fully saturated rings. The number of benzene rings is 1. The number of likely N-dealkylation sites (tertiary alicyclic amines) is 1. The number of guanidine groups is 1. The highest BCUT2D eigenvalue weighted by Gasteiger charge is 2.21. The Labute approximate surface area is 176 Å². The number of nitrogens with zero attached hydrogens (tertiary/aromatic N) is 2. The summed E-state index contributed by atoms with van der Waals surface area (Å²) in [5.74, 6) is 1.81. The van der Waals surface area contributed by atoms with Crippen LogP contribution in [0.5, 0.6) is 5.75 Å². The Balaban J connectivity index is 1.62. The fourth-order valence-electron chi connectivity index (χ4n) is 4.05.